The number of carboxylic acid groups (broad SMARTS) is 1. The minimum Gasteiger partial charge on any atom is -0.478 e. The van der Waals surface area contributed by atoms with E-state index in [1.165, 1.54) is 24.3 Å². The predicted molar refractivity (Wildman–Crippen MR) is 122 cm³/mol. The molecule has 10 heteroatoms. The number of nitrogens with one attached hydrogen (secondary N) is 1. The number of ether oxygens (including phenoxy) is 1. The Morgan fingerprint density at radius 3 is 2.49 bits per heavy atom. The number of nitrogens with zero attached hydrogens (tertiary/aromatic N) is 4. The Hall–Kier alpha value is -3.51. The van der Waals surface area contributed by atoms with Crippen LogP contribution in [0.4, 0.5) is 4.39 Å². The summed E-state index contributed by atoms with van der Waals surface area (Å²) >= 11 is 0. The van der Waals surface area contributed by atoms with Gasteiger partial charge in [0.05, 0.1) is 5.56 Å². The quantitative estimate of drug-likeness (QED) is 0.328. The van der Waals surface area contributed by atoms with Crippen LogP contribution in [0.25, 0.3) is 22.6 Å². The van der Waals surface area contributed by atoms with Crippen LogP contribution in [0.5, 0.6) is 11.8 Å². The van der Waals surface area contributed by atoms with Gasteiger partial charge in [-0.3, -0.25) is 0 Å². The van der Waals surface area contributed by atoms with Gasteiger partial charge >= 0.3 is 30.8 Å². The number of rotatable bonds is 6. The second kappa shape index (κ2) is 10.8. The van der Waals surface area contributed by atoms with Crippen LogP contribution in [-0.2, 0) is 0 Å². The van der Waals surface area contributed by atoms with Gasteiger partial charge in [0.15, 0.2) is 0 Å². The van der Waals surface area contributed by atoms with Crippen LogP contribution in [0.2, 0.25) is 0 Å². The molecule has 0 atom stereocenters. The van der Waals surface area contributed by atoms with E-state index in [4.69, 9.17) is 9.84 Å². The molecule has 0 spiro atoms. The van der Waals surface area contributed by atoms with E-state index in [9.17, 15) is 9.18 Å². The summed E-state index contributed by atoms with van der Waals surface area (Å²) in [7, 11) is 0. The predicted octanol–water partition coefficient (Wildman–Crippen LogP) is 1.37. The molecule has 0 aliphatic carbocycles. The van der Waals surface area contributed by atoms with Crippen LogP contribution >= 0.6 is 0 Å². The van der Waals surface area contributed by atoms with Crippen molar-refractivity contribution in [1.29, 1.82) is 0 Å². The van der Waals surface area contributed by atoms with E-state index in [1.54, 1.807) is 36.5 Å². The summed E-state index contributed by atoms with van der Waals surface area (Å²) in [4.78, 5) is 24.4. The van der Waals surface area contributed by atoms with E-state index in [1.807, 2.05) is 4.57 Å². The van der Waals surface area contributed by atoms with Crippen molar-refractivity contribution in [3.05, 3.63) is 78.5 Å². The van der Waals surface area contributed by atoms with Crippen LogP contribution in [0.1, 0.15) is 29.2 Å². The fourth-order valence-electron chi connectivity index (χ4n) is 4.00. The third-order valence-electron chi connectivity index (χ3n) is 5.71. The zero-order valence-electron chi connectivity index (χ0n) is 19.1. The Bertz CT molecular complexity index is 1310. The molecule has 0 unspecified atom stereocenters. The first-order valence-corrected chi connectivity index (χ1v) is 10.9. The summed E-state index contributed by atoms with van der Waals surface area (Å²) in [6.07, 6.45) is 6.57. The van der Waals surface area contributed by atoms with Crippen molar-refractivity contribution in [3.63, 3.8) is 0 Å². The summed E-state index contributed by atoms with van der Waals surface area (Å²) in [6.45, 7) is 1.79. The molecule has 1 fully saturated rings. The number of hydrogen-bond donors (Lipinski definition) is 2. The number of hydrogen-bond acceptors (Lipinski definition) is 6. The second-order valence-corrected chi connectivity index (χ2v) is 7.92. The summed E-state index contributed by atoms with van der Waals surface area (Å²) in [5.74, 6) is -0.918. The fraction of sp³-hybridized carbons (Fsp3) is 0.200. The average Bonchev–Trinajstić information content (AvgIpc) is 3.31. The Kier molecular flexibility index (Phi) is 7.61. The van der Waals surface area contributed by atoms with E-state index < -0.39 is 5.97 Å². The normalized spacial score (nSPS) is 13.7. The van der Waals surface area contributed by atoms with Gasteiger partial charge in [0.25, 0.3) is 0 Å². The van der Waals surface area contributed by atoms with Gasteiger partial charge in [0, 0.05) is 24.3 Å². The van der Waals surface area contributed by atoms with Gasteiger partial charge in [-0.05, 0) is 68.4 Å². The smallest absolute Gasteiger partial charge is 0.478 e. The third kappa shape index (κ3) is 5.43. The first-order valence-electron chi connectivity index (χ1n) is 10.9. The van der Waals surface area contributed by atoms with Crippen molar-refractivity contribution in [2.75, 3.05) is 13.1 Å². The molecule has 0 radical (unpaired) electrons. The van der Waals surface area contributed by atoms with Gasteiger partial charge in [-0.1, -0.05) is 29.1 Å². The number of benzene rings is 2. The minimum absolute atomic E-state index is 0. The summed E-state index contributed by atoms with van der Waals surface area (Å²) < 4.78 is 21.3. The molecule has 3 heterocycles. The van der Waals surface area contributed by atoms with Gasteiger partial charge < -0.3 is 24.7 Å². The molecule has 1 saturated heterocycles. The zero-order chi connectivity index (χ0) is 23.5. The van der Waals surface area contributed by atoms with E-state index in [0.29, 0.717) is 17.1 Å². The Labute approximate surface area is 213 Å². The van der Waals surface area contributed by atoms with Gasteiger partial charge in [0.2, 0.25) is 0 Å². The molecule has 2 aromatic heterocycles. The van der Waals surface area contributed by atoms with Crippen LogP contribution < -0.4 is 28.9 Å². The fourth-order valence-corrected chi connectivity index (χ4v) is 4.00. The summed E-state index contributed by atoms with van der Waals surface area (Å²) in [5.41, 5.74) is 2.91. The van der Waals surface area contributed by atoms with Crippen molar-refractivity contribution >= 4 is 5.97 Å². The molecule has 4 aromatic rings. The molecule has 8 nitrogen and oxygen atoms in total. The number of piperidine rings is 1. The van der Waals surface area contributed by atoms with Gasteiger partial charge in [-0.2, -0.15) is 0 Å². The van der Waals surface area contributed by atoms with Crippen molar-refractivity contribution in [1.82, 2.24) is 24.8 Å². The second-order valence-electron chi connectivity index (χ2n) is 7.92. The van der Waals surface area contributed by atoms with Crippen LogP contribution in [0.15, 0.2) is 60.8 Å². The van der Waals surface area contributed by atoms with E-state index >= 15 is 0 Å². The standard InChI is InChI=1S/C25H21FN5O3.Li/c26-18-5-1-16(2-6-18)22-23(31(15-29-22)19-9-12-27-13-10-19)21-11-14-28-25(30-21)34-20-7-3-17(4-8-20)24(32)33;/h1-8,11,14,19,27H,9-10,12-13H2,(H,32,33);/q-1;+1. The molecular formula is C25H21FLiN5O3. The molecule has 0 bridgehead atoms. The SMILES string of the molecule is O=C(O)c1ccc(Oc2nccc(-c3c(-c4ccc(F)cc4)n[c-]n3C3CCNCC3)n2)cc1.[Li+]. The van der Waals surface area contributed by atoms with E-state index in [-0.39, 0.29) is 42.3 Å². The minimum atomic E-state index is -1.01. The first kappa shape index (κ1) is 24.6. The average molecular weight is 465 g/mol. The Morgan fingerprint density at radius 1 is 1.09 bits per heavy atom. The largest absolute Gasteiger partial charge is 1.00 e. The van der Waals surface area contributed by atoms with E-state index in [0.717, 1.165) is 37.2 Å². The van der Waals surface area contributed by atoms with Gasteiger partial charge in [-0.25, -0.2) is 19.2 Å². The van der Waals surface area contributed by atoms with Crippen LogP contribution in [-0.4, -0.2) is 43.7 Å². The summed E-state index contributed by atoms with van der Waals surface area (Å²) in [5, 5.41) is 12.4. The van der Waals surface area contributed by atoms with Crippen LogP contribution in [0, 0.1) is 12.1 Å². The summed E-state index contributed by atoms with van der Waals surface area (Å²) in [6, 6.07) is 14.3. The Balaban J connectivity index is 0.00000289. The molecule has 2 N–H and O–H groups in total. The third-order valence-corrected chi connectivity index (χ3v) is 5.71. The number of aromatic nitrogens is 4. The molecule has 2 aromatic carbocycles. The molecule has 5 rings (SSSR count). The monoisotopic (exact) mass is 465 g/mol. The molecule has 1 aliphatic heterocycles. The molecule has 35 heavy (non-hydrogen) atoms. The topological polar surface area (TPSA) is 102 Å². The molecule has 0 amide bonds. The molecule has 0 saturated carbocycles. The van der Waals surface area contributed by atoms with Crippen molar-refractivity contribution in [2.45, 2.75) is 18.9 Å². The number of carbonyl (C=O) groups is 1. The Morgan fingerprint density at radius 2 is 1.80 bits per heavy atom. The molecular weight excluding hydrogens is 444 g/mol. The van der Waals surface area contributed by atoms with Gasteiger partial charge in [-0.15, -0.1) is 0 Å². The van der Waals surface area contributed by atoms with Crippen molar-refractivity contribution < 1.29 is 37.9 Å². The maximum atomic E-state index is 13.5. The van der Waals surface area contributed by atoms with Gasteiger partial charge in [0.1, 0.15) is 11.6 Å². The number of halogens is 1. The number of carboxylic acids is 1. The van der Waals surface area contributed by atoms with Crippen LogP contribution in [0.3, 0.4) is 0 Å². The maximum absolute atomic E-state index is 13.5. The van der Waals surface area contributed by atoms with Crippen molar-refractivity contribution in [3.8, 4) is 34.4 Å². The van der Waals surface area contributed by atoms with E-state index in [2.05, 4.69) is 26.6 Å². The zero-order valence-corrected chi connectivity index (χ0v) is 19.1. The number of aromatic carboxylic acids is 1. The first-order chi connectivity index (χ1) is 16.6. The molecule has 1 aliphatic rings. The number of imidazole rings is 1. The maximum Gasteiger partial charge on any atom is 1.00 e. The molecule has 172 valence electrons. The van der Waals surface area contributed by atoms with Crippen molar-refractivity contribution in [2.24, 2.45) is 0 Å².